The third kappa shape index (κ3) is 20.1. The van der Waals surface area contributed by atoms with Crippen LogP contribution in [0, 0.1) is 10.8 Å². The Morgan fingerprint density at radius 1 is 0.797 bits per heavy atom. The second-order valence-electron chi connectivity index (χ2n) is 16.3. The summed E-state index contributed by atoms with van der Waals surface area (Å²) in [6.07, 6.45) is -8.73. The van der Waals surface area contributed by atoms with Gasteiger partial charge in [0.05, 0.1) is 37.9 Å². The molecule has 0 saturated carbocycles. The number of phosphoric acid groups is 4. The zero-order chi connectivity index (χ0) is 52.2. The molecule has 32 nitrogen and oxygen atoms in total. The van der Waals surface area contributed by atoms with E-state index in [1.165, 1.54) is 45.7 Å². The van der Waals surface area contributed by atoms with Gasteiger partial charge in [0.2, 0.25) is 23.6 Å². The number of hydrogen-bond donors (Lipinski definition) is 14. The van der Waals surface area contributed by atoms with Gasteiger partial charge in [-0.2, -0.15) is 21.2 Å². The molecule has 394 valence electrons. The summed E-state index contributed by atoms with van der Waals surface area (Å²) in [5.74, 6) is -1.95. The average Bonchev–Trinajstić information content (AvgIpc) is 3.80. The summed E-state index contributed by atoms with van der Waals surface area (Å²) < 4.78 is 77.6. The summed E-state index contributed by atoms with van der Waals surface area (Å²) in [6.45, 7) is 2.60. The van der Waals surface area contributed by atoms with Crippen LogP contribution < -0.4 is 27.0 Å². The molecule has 1 aliphatic heterocycles. The molecule has 15 N–H and O–H groups in total. The standard InChI is InChI=1S/C32H57N9O23P4S/c1-31(2,15-60-65(49,50)51)25(45)28(47)36-7-5-20(42)34-9-11-69-12-10-35-21(43)6-8-37-29(48)26(46)32(3,4)16-61-68(57,58)64-67(55,56)59-14-19-24(63-66(52,53)54)23(44)30(62-19)41-17-38-22-18(41)13-39-40-27(22)33/h13,17,19,23-26,30,44-46H,5-12,14-16H2,1-4H3,(H2,33,40)(H,34,42)(H,35,43)(H,36,47)(H,37,48)(H,55,56)(H,57,58)(H2,49,50,51)(H2,52,53,54)/t19-,23-,24-,25?,26+,30-/m1/s1. The zero-order valence-corrected chi connectivity index (χ0v) is 41.6. The molecule has 1 saturated heterocycles. The van der Waals surface area contributed by atoms with Gasteiger partial charge in [0.15, 0.2) is 12.0 Å². The Balaban J connectivity index is 1.33. The maximum absolute atomic E-state index is 12.7. The van der Waals surface area contributed by atoms with Crippen molar-refractivity contribution in [1.82, 2.24) is 41.0 Å². The van der Waals surface area contributed by atoms with Gasteiger partial charge in [0.1, 0.15) is 36.0 Å². The number of carbonyl (C=O) groups excluding carboxylic acids is 4. The lowest BCUT2D eigenvalue weighted by Gasteiger charge is -2.30. The van der Waals surface area contributed by atoms with Crippen molar-refractivity contribution in [3.8, 4) is 0 Å². The first-order chi connectivity index (χ1) is 31.7. The van der Waals surface area contributed by atoms with Crippen LogP contribution >= 0.6 is 43.1 Å². The predicted molar refractivity (Wildman–Crippen MR) is 235 cm³/mol. The summed E-state index contributed by atoms with van der Waals surface area (Å²) in [4.78, 5) is 110. The maximum atomic E-state index is 12.7. The first-order valence-corrected chi connectivity index (χ1v) is 27.3. The Kier molecular flexibility index (Phi) is 22.3. The molecule has 1 fully saturated rings. The maximum Gasteiger partial charge on any atom is 0.481 e. The fourth-order valence-corrected chi connectivity index (χ4v) is 9.80. The van der Waals surface area contributed by atoms with Gasteiger partial charge in [-0.15, -0.1) is 5.10 Å². The number of phosphoric ester groups is 4. The molecule has 37 heteroatoms. The minimum absolute atomic E-state index is 0.107. The zero-order valence-electron chi connectivity index (χ0n) is 37.2. The normalized spacial score (nSPS) is 20.7. The number of anilines is 1. The van der Waals surface area contributed by atoms with Crippen LogP contribution in [0.2, 0.25) is 0 Å². The Labute approximate surface area is 396 Å². The highest BCUT2D eigenvalue weighted by Gasteiger charge is 2.50. The van der Waals surface area contributed by atoms with Crippen LogP contribution in [0.15, 0.2) is 12.5 Å². The quantitative estimate of drug-likeness (QED) is 0.0279. The van der Waals surface area contributed by atoms with Gasteiger partial charge >= 0.3 is 31.3 Å². The Bertz CT molecular complexity index is 2280. The van der Waals surface area contributed by atoms with Gasteiger partial charge in [-0.1, -0.05) is 27.7 Å². The lowest BCUT2D eigenvalue weighted by Crippen LogP contribution is -2.46. The minimum Gasteiger partial charge on any atom is -0.386 e. The van der Waals surface area contributed by atoms with Crippen molar-refractivity contribution in [2.75, 3.05) is 63.2 Å². The molecule has 2 aromatic heterocycles. The number of thioether (sulfide) groups is 1. The highest BCUT2D eigenvalue weighted by molar-refractivity contribution is 7.99. The number of carbonyl (C=O) groups is 4. The molecule has 69 heavy (non-hydrogen) atoms. The highest BCUT2D eigenvalue weighted by Crippen LogP contribution is 2.61. The minimum atomic E-state index is -5.61. The molecule has 0 aromatic carbocycles. The van der Waals surface area contributed by atoms with E-state index in [4.69, 9.17) is 29.3 Å². The number of nitrogens with one attached hydrogen (secondary N) is 4. The molecule has 0 radical (unpaired) electrons. The molecule has 0 spiro atoms. The Morgan fingerprint density at radius 2 is 1.30 bits per heavy atom. The van der Waals surface area contributed by atoms with Gasteiger partial charge in [-0.3, -0.25) is 41.8 Å². The van der Waals surface area contributed by atoms with Crippen molar-refractivity contribution in [3.05, 3.63) is 12.5 Å². The molecule has 2 aromatic rings. The second-order valence-corrected chi connectivity index (χ2v) is 23.0. The average molecular weight is 1090 g/mol. The van der Waals surface area contributed by atoms with Gasteiger partial charge < -0.3 is 76.4 Å². The molecule has 0 aliphatic carbocycles. The molecule has 3 unspecified atom stereocenters. The van der Waals surface area contributed by atoms with Crippen LogP contribution in [0.5, 0.6) is 0 Å². The van der Waals surface area contributed by atoms with E-state index < -0.39 is 122 Å². The molecule has 3 heterocycles. The molecule has 0 bridgehead atoms. The molecule has 3 rings (SSSR count). The number of hydrogen-bond acceptors (Lipinski definition) is 22. The molecule has 8 atom stereocenters. The first-order valence-electron chi connectivity index (χ1n) is 20.1. The Morgan fingerprint density at radius 3 is 1.81 bits per heavy atom. The van der Waals surface area contributed by atoms with Crippen molar-refractivity contribution in [3.63, 3.8) is 0 Å². The number of fused-ring (bicyclic) bond motifs is 1. The number of nitrogens with zero attached hydrogens (tertiary/aromatic N) is 4. The predicted octanol–water partition coefficient (Wildman–Crippen LogP) is -2.74. The summed E-state index contributed by atoms with van der Waals surface area (Å²) in [7, 11) is -21.3. The number of aromatic nitrogens is 4. The number of ether oxygens (including phenoxy) is 1. The summed E-state index contributed by atoms with van der Waals surface area (Å²) in [5, 5.41) is 49.0. The van der Waals surface area contributed by atoms with Crippen LogP contribution in [-0.2, 0) is 64.6 Å². The van der Waals surface area contributed by atoms with E-state index in [0.29, 0.717) is 11.5 Å². The Hall–Kier alpha value is -3.10. The number of nitrogens with two attached hydrogens (primary N) is 1. The van der Waals surface area contributed by atoms with Crippen molar-refractivity contribution < 1.29 is 109 Å². The van der Waals surface area contributed by atoms with Crippen LogP contribution in [0.25, 0.3) is 11.0 Å². The molecular formula is C32H57N9O23P4S. The van der Waals surface area contributed by atoms with E-state index in [9.17, 15) is 72.3 Å². The summed E-state index contributed by atoms with van der Waals surface area (Å²) >= 11 is 1.38. The highest BCUT2D eigenvalue weighted by atomic mass is 32.2. The van der Waals surface area contributed by atoms with Crippen LogP contribution in [0.1, 0.15) is 46.8 Å². The van der Waals surface area contributed by atoms with E-state index in [0.717, 1.165) is 10.9 Å². The van der Waals surface area contributed by atoms with E-state index in [1.54, 1.807) is 0 Å². The van der Waals surface area contributed by atoms with E-state index in [2.05, 4.69) is 49.8 Å². The number of imidazole rings is 1. The summed E-state index contributed by atoms with van der Waals surface area (Å²) in [6, 6.07) is 0. The molecular weight excluding hydrogens is 1030 g/mol. The number of amides is 4. The largest absolute Gasteiger partial charge is 0.481 e. The third-order valence-corrected chi connectivity index (χ3v) is 14.0. The topological polar surface area (TPSA) is 492 Å². The smallest absolute Gasteiger partial charge is 0.386 e. The van der Waals surface area contributed by atoms with Crippen molar-refractivity contribution in [1.29, 1.82) is 0 Å². The van der Waals surface area contributed by atoms with Gasteiger partial charge in [0, 0.05) is 61.4 Å². The lowest BCUT2D eigenvalue weighted by molar-refractivity contribution is -0.137. The lowest BCUT2D eigenvalue weighted by atomic mass is 9.87. The van der Waals surface area contributed by atoms with Gasteiger partial charge in [-0.25, -0.2) is 23.2 Å². The number of rotatable bonds is 30. The van der Waals surface area contributed by atoms with E-state index >= 15 is 0 Å². The monoisotopic (exact) mass is 1090 g/mol. The fraction of sp³-hybridized carbons (Fsp3) is 0.719. The van der Waals surface area contributed by atoms with Crippen LogP contribution in [-0.4, -0.2) is 176 Å². The SMILES string of the molecule is CC(C)(COP(=O)(O)O)C(O)C(=O)NCCC(=O)NCCSCCNC(=O)CCNC(=O)[C@H](O)C(C)(C)COP(=O)(O)OP(=O)(O)OC[C@H]1O[C@@H](n2cnc3c(N)nncc32)[C@H](O)[C@@H]1OP(=O)(O)O. The second kappa shape index (κ2) is 25.5. The van der Waals surface area contributed by atoms with E-state index in [1.807, 2.05) is 0 Å². The number of nitrogen functional groups attached to an aromatic ring is 1. The number of aliphatic hydroxyl groups excluding tert-OH is 3. The van der Waals surface area contributed by atoms with Crippen LogP contribution in [0.4, 0.5) is 5.82 Å². The number of aliphatic hydroxyl groups is 3. The van der Waals surface area contributed by atoms with Gasteiger partial charge in [-0.05, 0) is 0 Å². The first kappa shape index (κ1) is 60.2. The van der Waals surface area contributed by atoms with Crippen molar-refractivity contribution in [2.24, 2.45) is 10.8 Å². The van der Waals surface area contributed by atoms with Crippen molar-refractivity contribution >= 4 is 83.5 Å². The fourth-order valence-electron chi connectivity index (χ4n) is 5.77. The summed E-state index contributed by atoms with van der Waals surface area (Å²) in [5.41, 5.74) is 3.01. The van der Waals surface area contributed by atoms with Crippen molar-refractivity contribution in [2.45, 2.75) is 77.3 Å². The van der Waals surface area contributed by atoms with Gasteiger partial charge in [0.25, 0.3) is 0 Å². The molecule has 1 aliphatic rings. The molecule has 4 amide bonds. The van der Waals surface area contributed by atoms with Crippen LogP contribution in [0.3, 0.4) is 0 Å². The third-order valence-electron chi connectivity index (χ3n) is 9.49. The van der Waals surface area contributed by atoms with E-state index in [-0.39, 0.29) is 55.9 Å².